The largest absolute Gasteiger partial charge is 0.326 e. The molecule has 23 heavy (non-hydrogen) atoms. The molecule has 0 aliphatic heterocycles. The molecule has 0 saturated carbocycles. The molecule has 0 unspecified atom stereocenters. The Labute approximate surface area is 149 Å². The number of halogens is 1. The highest BCUT2D eigenvalue weighted by Crippen LogP contribution is 2.04. The van der Waals surface area contributed by atoms with Crippen LogP contribution in [0.3, 0.4) is 0 Å². The maximum absolute atomic E-state index is 5.61. The first-order valence-electron chi connectivity index (χ1n) is 9.01. The molecule has 0 heterocycles. The van der Waals surface area contributed by atoms with Crippen molar-refractivity contribution >= 4 is 12.4 Å². The predicted molar refractivity (Wildman–Crippen MR) is 104 cm³/mol. The van der Waals surface area contributed by atoms with Gasteiger partial charge in [0.05, 0.1) is 0 Å². The highest BCUT2D eigenvalue weighted by Gasteiger charge is 2.01. The van der Waals surface area contributed by atoms with Crippen molar-refractivity contribution < 1.29 is 0 Å². The van der Waals surface area contributed by atoms with E-state index in [1.807, 2.05) is 0 Å². The summed E-state index contributed by atoms with van der Waals surface area (Å²) in [7, 11) is 0. The summed E-state index contributed by atoms with van der Waals surface area (Å²) in [6.07, 6.45) is 6.46. The van der Waals surface area contributed by atoms with Gasteiger partial charge in [-0.1, -0.05) is 44.5 Å². The van der Waals surface area contributed by atoms with E-state index in [-0.39, 0.29) is 12.4 Å². The first-order valence-corrected chi connectivity index (χ1v) is 9.01. The second-order valence-electron chi connectivity index (χ2n) is 6.10. The Kier molecular flexibility index (Phi) is 14.6. The fourth-order valence-corrected chi connectivity index (χ4v) is 2.76. The number of nitrogens with two attached hydrogens (primary N) is 1. The van der Waals surface area contributed by atoms with Gasteiger partial charge >= 0.3 is 0 Å². The maximum Gasteiger partial charge on any atom is 0.0205 e. The Morgan fingerprint density at radius 1 is 0.870 bits per heavy atom. The van der Waals surface area contributed by atoms with Gasteiger partial charge in [-0.05, 0) is 63.0 Å². The van der Waals surface area contributed by atoms with Crippen LogP contribution in [0.25, 0.3) is 0 Å². The lowest BCUT2D eigenvalue weighted by molar-refractivity contribution is 0.268. The molecule has 0 fully saturated rings. The summed E-state index contributed by atoms with van der Waals surface area (Å²) >= 11 is 0. The van der Waals surface area contributed by atoms with E-state index in [0.717, 1.165) is 13.1 Å². The molecule has 0 aromatic heterocycles. The van der Waals surface area contributed by atoms with Crippen molar-refractivity contribution in [3.63, 3.8) is 0 Å². The van der Waals surface area contributed by atoms with Crippen molar-refractivity contribution in [3.05, 3.63) is 35.4 Å². The lowest BCUT2D eigenvalue weighted by Crippen LogP contribution is -2.26. The first kappa shape index (κ1) is 22.4. The lowest BCUT2D eigenvalue weighted by Gasteiger charge is -2.20. The van der Waals surface area contributed by atoms with E-state index in [0.29, 0.717) is 6.54 Å². The number of rotatable bonds is 13. The molecular weight excluding hydrogens is 306 g/mol. The van der Waals surface area contributed by atoms with Gasteiger partial charge in [0.25, 0.3) is 0 Å². The Morgan fingerprint density at radius 3 is 2.04 bits per heavy atom. The van der Waals surface area contributed by atoms with E-state index < -0.39 is 0 Å². The minimum absolute atomic E-state index is 0. The highest BCUT2D eigenvalue weighted by atomic mass is 35.5. The molecule has 1 rings (SSSR count). The highest BCUT2D eigenvalue weighted by molar-refractivity contribution is 5.85. The van der Waals surface area contributed by atoms with Gasteiger partial charge in [-0.2, -0.15) is 0 Å². The van der Waals surface area contributed by atoms with Crippen molar-refractivity contribution in [2.24, 2.45) is 5.73 Å². The number of nitrogens with one attached hydrogen (secondary N) is 1. The molecule has 0 radical (unpaired) electrons. The fraction of sp³-hybridized carbons (Fsp3) is 0.684. The summed E-state index contributed by atoms with van der Waals surface area (Å²) in [5, 5.41) is 3.53. The van der Waals surface area contributed by atoms with E-state index in [9.17, 15) is 0 Å². The third-order valence-corrected chi connectivity index (χ3v) is 4.00. The Hall–Kier alpha value is -0.610. The van der Waals surface area contributed by atoms with Gasteiger partial charge in [0, 0.05) is 13.1 Å². The van der Waals surface area contributed by atoms with Crippen LogP contribution in [0.4, 0.5) is 0 Å². The minimum Gasteiger partial charge on any atom is -0.326 e. The second kappa shape index (κ2) is 14.9. The molecule has 0 bridgehead atoms. The van der Waals surface area contributed by atoms with Gasteiger partial charge in [0.2, 0.25) is 0 Å². The van der Waals surface area contributed by atoms with Crippen LogP contribution < -0.4 is 11.1 Å². The molecule has 0 aliphatic carbocycles. The van der Waals surface area contributed by atoms with Crippen molar-refractivity contribution in [2.45, 2.75) is 59.0 Å². The van der Waals surface area contributed by atoms with E-state index in [2.05, 4.69) is 48.3 Å². The van der Waals surface area contributed by atoms with E-state index in [1.54, 1.807) is 0 Å². The Bertz CT molecular complexity index is 361. The summed E-state index contributed by atoms with van der Waals surface area (Å²) in [5.41, 5.74) is 8.15. The maximum atomic E-state index is 5.61. The van der Waals surface area contributed by atoms with Crippen LogP contribution in [0.2, 0.25) is 0 Å². The number of hydrogen-bond donors (Lipinski definition) is 2. The summed E-state index contributed by atoms with van der Waals surface area (Å²) in [4.78, 5) is 2.60. The van der Waals surface area contributed by atoms with Crippen LogP contribution in [0, 0.1) is 0 Å². The number of benzene rings is 1. The third-order valence-electron chi connectivity index (χ3n) is 4.00. The smallest absolute Gasteiger partial charge is 0.0205 e. The number of nitrogens with zero attached hydrogens (tertiary/aromatic N) is 1. The van der Waals surface area contributed by atoms with E-state index >= 15 is 0 Å². The van der Waals surface area contributed by atoms with Gasteiger partial charge in [-0.3, -0.25) is 0 Å². The monoisotopic (exact) mass is 341 g/mol. The van der Waals surface area contributed by atoms with Crippen LogP contribution >= 0.6 is 12.4 Å². The number of hydrogen-bond acceptors (Lipinski definition) is 3. The van der Waals surface area contributed by atoms with Crippen molar-refractivity contribution in [3.8, 4) is 0 Å². The molecule has 134 valence electrons. The van der Waals surface area contributed by atoms with E-state index in [1.165, 1.54) is 62.9 Å². The van der Waals surface area contributed by atoms with Gasteiger partial charge in [0.15, 0.2) is 0 Å². The normalized spacial score (nSPS) is 10.8. The lowest BCUT2D eigenvalue weighted by atomic mass is 10.1. The topological polar surface area (TPSA) is 41.3 Å². The van der Waals surface area contributed by atoms with Crippen LogP contribution in [-0.2, 0) is 13.1 Å². The van der Waals surface area contributed by atoms with Crippen LogP contribution in [0.1, 0.15) is 57.1 Å². The summed E-state index contributed by atoms with van der Waals surface area (Å²) in [6, 6.07) is 8.57. The average molecular weight is 342 g/mol. The zero-order valence-electron chi connectivity index (χ0n) is 15.0. The average Bonchev–Trinajstić information content (AvgIpc) is 2.55. The van der Waals surface area contributed by atoms with Crippen LogP contribution in [0.5, 0.6) is 0 Å². The standard InChI is InChI=1S/C19H35N3.ClH/c1-3-13-22(14-4-2)15-7-5-6-12-21-17-19-10-8-18(16-20)9-11-19;/h8-11,21H,3-7,12-17,20H2,1-2H3;1H. The zero-order chi connectivity index (χ0) is 16.0. The van der Waals surface area contributed by atoms with Gasteiger partial charge in [0.1, 0.15) is 0 Å². The van der Waals surface area contributed by atoms with Crippen molar-refractivity contribution in [2.75, 3.05) is 26.2 Å². The molecule has 0 aliphatic rings. The summed E-state index contributed by atoms with van der Waals surface area (Å²) in [5.74, 6) is 0. The molecule has 1 aromatic rings. The molecule has 0 atom stereocenters. The molecular formula is C19H36ClN3. The van der Waals surface area contributed by atoms with Crippen LogP contribution in [-0.4, -0.2) is 31.1 Å². The molecule has 0 amide bonds. The number of unbranched alkanes of at least 4 members (excludes halogenated alkanes) is 2. The first-order chi connectivity index (χ1) is 10.8. The molecule has 0 spiro atoms. The predicted octanol–water partition coefficient (Wildman–Crippen LogP) is 3.95. The van der Waals surface area contributed by atoms with Crippen molar-refractivity contribution in [1.29, 1.82) is 0 Å². The fourth-order valence-electron chi connectivity index (χ4n) is 2.76. The molecule has 3 nitrogen and oxygen atoms in total. The summed E-state index contributed by atoms with van der Waals surface area (Å²) in [6.45, 7) is 11.0. The Balaban J connectivity index is 0.00000484. The molecule has 1 aromatic carbocycles. The SMILES string of the molecule is CCCN(CCC)CCCCCNCc1ccc(CN)cc1.Cl. The quantitative estimate of drug-likeness (QED) is 0.534. The zero-order valence-corrected chi connectivity index (χ0v) is 15.8. The van der Waals surface area contributed by atoms with Gasteiger partial charge in [-0.15, -0.1) is 12.4 Å². The molecule has 0 saturated heterocycles. The molecule has 3 N–H and O–H groups in total. The summed E-state index contributed by atoms with van der Waals surface area (Å²) < 4.78 is 0. The van der Waals surface area contributed by atoms with Crippen molar-refractivity contribution in [1.82, 2.24) is 10.2 Å². The van der Waals surface area contributed by atoms with E-state index in [4.69, 9.17) is 5.73 Å². The van der Waals surface area contributed by atoms with Crippen LogP contribution in [0.15, 0.2) is 24.3 Å². The third kappa shape index (κ3) is 10.7. The minimum atomic E-state index is 0. The second-order valence-corrected chi connectivity index (χ2v) is 6.10. The molecule has 4 heteroatoms. The Morgan fingerprint density at radius 2 is 1.48 bits per heavy atom. The van der Waals surface area contributed by atoms with Gasteiger partial charge < -0.3 is 16.0 Å². The van der Waals surface area contributed by atoms with Gasteiger partial charge in [-0.25, -0.2) is 0 Å².